The van der Waals surface area contributed by atoms with Crippen LogP contribution in [0.15, 0.2) is 17.0 Å². The van der Waals surface area contributed by atoms with Crippen LogP contribution in [-0.4, -0.2) is 46.7 Å². The fraction of sp³-hybridized carbons (Fsp3) is 0.826. The number of nitrogens with one attached hydrogen (secondary N) is 1. The summed E-state index contributed by atoms with van der Waals surface area (Å²) in [5.41, 5.74) is -1.03. The molecule has 2 heterocycles. The molecular formula is C23H37N3O3. The highest BCUT2D eigenvalue weighted by Crippen LogP contribution is 2.41. The van der Waals surface area contributed by atoms with Crippen LogP contribution in [0.4, 0.5) is 0 Å². The van der Waals surface area contributed by atoms with Crippen molar-refractivity contribution in [1.29, 1.82) is 0 Å². The summed E-state index contributed by atoms with van der Waals surface area (Å²) < 4.78 is 4.96. The van der Waals surface area contributed by atoms with E-state index in [0.717, 1.165) is 57.5 Å². The molecule has 162 valence electrons. The molecule has 3 aliphatic rings. The van der Waals surface area contributed by atoms with Gasteiger partial charge in [0.05, 0.1) is 11.8 Å². The van der Waals surface area contributed by atoms with E-state index >= 15 is 0 Å². The fourth-order valence-corrected chi connectivity index (χ4v) is 5.76. The highest BCUT2D eigenvalue weighted by molar-refractivity contribution is 5.86. The van der Waals surface area contributed by atoms with Gasteiger partial charge in [0.25, 0.3) is 5.91 Å². The number of carbonyl (C=O) groups is 1. The van der Waals surface area contributed by atoms with E-state index in [2.05, 4.69) is 15.4 Å². The molecule has 1 saturated heterocycles. The normalized spacial score (nSPS) is 25.6. The summed E-state index contributed by atoms with van der Waals surface area (Å²) in [5.74, 6) is 0.525. The minimum absolute atomic E-state index is 0.0581. The van der Waals surface area contributed by atoms with E-state index in [0.29, 0.717) is 5.56 Å². The van der Waals surface area contributed by atoms with Crippen LogP contribution in [0.25, 0.3) is 0 Å². The minimum Gasteiger partial charge on any atom is -0.375 e. The van der Waals surface area contributed by atoms with Crippen molar-refractivity contribution in [3.8, 4) is 0 Å². The Bertz CT molecular complexity index is 628. The number of hydrogen-bond donors (Lipinski definition) is 2. The van der Waals surface area contributed by atoms with Crippen molar-refractivity contribution < 1.29 is 14.4 Å². The minimum atomic E-state index is -1.52. The lowest BCUT2D eigenvalue weighted by Gasteiger charge is -2.37. The van der Waals surface area contributed by atoms with Gasteiger partial charge in [-0.1, -0.05) is 43.7 Å². The molecule has 1 aromatic heterocycles. The zero-order valence-corrected chi connectivity index (χ0v) is 17.7. The molecule has 0 radical (unpaired) electrons. The van der Waals surface area contributed by atoms with Gasteiger partial charge in [-0.25, -0.2) is 0 Å². The number of aliphatic hydroxyl groups is 1. The van der Waals surface area contributed by atoms with Gasteiger partial charge in [-0.05, 0) is 44.4 Å². The second kappa shape index (κ2) is 9.61. The lowest BCUT2D eigenvalue weighted by atomic mass is 9.80. The zero-order chi connectivity index (χ0) is 20.1. The summed E-state index contributed by atoms with van der Waals surface area (Å²) >= 11 is 0. The molecule has 6 heteroatoms. The molecule has 2 aliphatic carbocycles. The molecule has 0 bridgehead atoms. The second-order valence-electron chi connectivity index (χ2n) is 9.57. The van der Waals surface area contributed by atoms with Gasteiger partial charge in [-0.2, -0.15) is 0 Å². The summed E-state index contributed by atoms with van der Waals surface area (Å²) in [4.78, 5) is 15.8. The second-order valence-corrected chi connectivity index (χ2v) is 9.57. The molecule has 2 saturated carbocycles. The molecule has 3 fully saturated rings. The van der Waals surface area contributed by atoms with E-state index in [9.17, 15) is 9.90 Å². The van der Waals surface area contributed by atoms with E-state index in [1.54, 1.807) is 0 Å². The van der Waals surface area contributed by atoms with Crippen LogP contribution in [0.3, 0.4) is 0 Å². The highest BCUT2D eigenvalue weighted by atomic mass is 16.5. The molecule has 1 aliphatic heterocycles. The monoisotopic (exact) mass is 403 g/mol. The van der Waals surface area contributed by atoms with E-state index in [4.69, 9.17) is 4.52 Å². The van der Waals surface area contributed by atoms with Gasteiger partial charge in [0.2, 0.25) is 0 Å². The first kappa shape index (κ1) is 20.9. The molecule has 0 spiro atoms. The zero-order valence-electron chi connectivity index (χ0n) is 17.7. The lowest BCUT2D eigenvalue weighted by molar-refractivity contribution is -0.148. The Morgan fingerprint density at radius 1 is 1.07 bits per heavy atom. The number of hydrogen-bond acceptors (Lipinski definition) is 5. The quantitative estimate of drug-likeness (QED) is 0.710. The van der Waals surface area contributed by atoms with Crippen molar-refractivity contribution >= 4 is 5.91 Å². The van der Waals surface area contributed by atoms with E-state index in [1.807, 2.05) is 0 Å². The maximum atomic E-state index is 13.2. The number of aromatic nitrogens is 1. The number of rotatable bonds is 6. The molecular weight excluding hydrogens is 366 g/mol. The van der Waals surface area contributed by atoms with Gasteiger partial charge in [0.1, 0.15) is 6.26 Å². The van der Waals surface area contributed by atoms with Crippen LogP contribution in [0.5, 0.6) is 0 Å². The average molecular weight is 404 g/mol. The molecule has 2 N–H and O–H groups in total. The predicted octanol–water partition coefficient (Wildman–Crippen LogP) is 3.60. The van der Waals surface area contributed by atoms with Crippen molar-refractivity contribution in [1.82, 2.24) is 15.4 Å². The average Bonchev–Trinajstić information content (AvgIpc) is 3.41. The largest absolute Gasteiger partial charge is 0.375 e. The summed E-state index contributed by atoms with van der Waals surface area (Å²) in [7, 11) is 0. The van der Waals surface area contributed by atoms with Gasteiger partial charge < -0.3 is 19.8 Å². The molecule has 0 aromatic carbocycles. The Labute approximate surface area is 174 Å². The SMILES string of the molecule is O=C(NC1CCN(CC2CCCCCC2)CC1)C(O)(c1cnoc1)C1CCCC1. The van der Waals surface area contributed by atoms with Crippen LogP contribution in [0, 0.1) is 11.8 Å². The molecule has 1 atom stereocenters. The first-order valence-corrected chi connectivity index (χ1v) is 11.8. The number of piperidine rings is 1. The third-order valence-electron chi connectivity index (χ3n) is 7.58. The highest BCUT2D eigenvalue weighted by Gasteiger charge is 2.48. The van der Waals surface area contributed by atoms with Gasteiger partial charge in [-0.15, -0.1) is 0 Å². The van der Waals surface area contributed by atoms with E-state index in [-0.39, 0.29) is 17.9 Å². The van der Waals surface area contributed by atoms with Gasteiger partial charge in [0, 0.05) is 31.6 Å². The third kappa shape index (κ3) is 4.85. The van der Waals surface area contributed by atoms with Crippen LogP contribution in [0.2, 0.25) is 0 Å². The number of amides is 1. The lowest BCUT2D eigenvalue weighted by Crippen LogP contribution is -2.54. The van der Waals surface area contributed by atoms with Gasteiger partial charge in [0.15, 0.2) is 5.60 Å². The van der Waals surface area contributed by atoms with Crippen LogP contribution in [0.1, 0.15) is 82.6 Å². The Kier molecular flexibility index (Phi) is 6.91. The van der Waals surface area contributed by atoms with Crippen molar-refractivity contribution in [3.05, 3.63) is 18.0 Å². The Hall–Kier alpha value is -1.40. The number of nitrogens with zero attached hydrogens (tertiary/aromatic N) is 2. The van der Waals surface area contributed by atoms with Crippen molar-refractivity contribution in [3.63, 3.8) is 0 Å². The van der Waals surface area contributed by atoms with E-state index < -0.39 is 5.60 Å². The Morgan fingerprint density at radius 3 is 2.34 bits per heavy atom. The van der Waals surface area contributed by atoms with E-state index in [1.165, 1.54) is 57.5 Å². The van der Waals surface area contributed by atoms with Crippen LogP contribution >= 0.6 is 0 Å². The number of carbonyl (C=O) groups excluding carboxylic acids is 1. The van der Waals surface area contributed by atoms with Crippen LogP contribution < -0.4 is 5.32 Å². The van der Waals surface area contributed by atoms with Crippen LogP contribution in [-0.2, 0) is 10.4 Å². The molecule has 6 nitrogen and oxygen atoms in total. The standard InChI is InChI=1S/C23H37N3O3/c27-22(23(28,19-9-5-6-10-19)20-15-24-29-17-20)25-21-11-13-26(14-12-21)16-18-7-3-1-2-4-8-18/h15,17-19,21,28H,1-14,16H2,(H,25,27). The molecule has 1 aromatic rings. The summed E-state index contributed by atoms with van der Waals surface area (Å²) in [5, 5.41) is 18.4. The summed E-state index contributed by atoms with van der Waals surface area (Å²) in [6.45, 7) is 3.29. The molecule has 29 heavy (non-hydrogen) atoms. The van der Waals surface area contributed by atoms with Gasteiger partial charge in [-0.3, -0.25) is 4.79 Å². The maximum Gasteiger partial charge on any atom is 0.257 e. The molecule has 1 unspecified atom stereocenters. The van der Waals surface area contributed by atoms with Gasteiger partial charge >= 0.3 is 0 Å². The van der Waals surface area contributed by atoms with Crippen molar-refractivity contribution in [2.75, 3.05) is 19.6 Å². The Morgan fingerprint density at radius 2 is 1.72 bits per heavy atom. The molecule has 4 rings (SSSR count). The first-order chi connectivity index (χ1) is 14.2. The summed E-state index contributed by atoms with van der Waals surface area (Å²) in [6, 6.07) is 0.140. The van der Waals surface area contributed by atoms with Crippen molar-refractivity contribution in [2.24, 2.45) is 11.8 Å². The Balaban J connectivity index is 1.31. The number of likely N-dealkylation sites (tertiary alicyclic amines) is 1. The maximum absolute atomic E-state index is 13.2. The smallest absolute Gasteiger partial charge is 0.257 e. The fourth-order valence-electron chi connectivity index (χ4n) is 5.76. The third-order valence-corrected chi connectivity index (χ3v) is 7.58. The summed E-state index contributed by atoms with van der Waals surface area (Å²) in [6.07, 6.45) is 17.0. The topological polar surface area (TPSA) is 78.6 Å². The first-order valence-electron chi connectivity index (χ1n) is 11.8. The van der Waals surface area contributed by atoms with Crippen molar-refractivity contribution in [2.45, 2.75) is 88.7 Å². The predicted molar refractivity (Wildman–Crippen MR) is 111 cm³/mol. The molecule has 1 amide bonds.